The first-order valence-corrected chi connectivity index (χ1v) is 7.95. The van der Waals surface area contributed by atoms with Crippen molar-refractivity contribution in [1.82, 2.24) is 10.3 Å². The summed E-state index contributed by atoms with van der Waals surface area (Å²) in [5.74, 6) is 0. The molecule has 25 heavy (non-hydrogen) atoms. The average molecular weight is 369 g/mol. The summed E-state index contributed by atoms with van der Waals surface area (Å²) in [5, 5.41) is 14.1. The van der Waals surface area contributed by atoms with Crippen LogP contribution >= 0.6 is 11.3 Å². The lowest BCUT2D eigenvalue weighted by Gasteiger charge is -2.11. The number of thiazole rings is 1. The molecule has 0 aliphatic heterocycles. The van der Waals surface area contributed by atoms with Crippen molar-refractivity contribution in [3.63, 3.8) is 0 Å². The molecule has 2 rings (SSSR count). The van der Waals surface area contributed by atoms with Crippen molar-refractivity contribution in [3.8, 4) is 6.07 Å². The molecule has 2 aromatic rings. The molecule has 0 aliphatic carbocycles. The molecule has 1 aromatic heterocycles. The molecule has 10 heteroatoms. The molecular formula is C15H14F3N5OS. The molecule has 0 fully saturated rings. The Kier molecular flexibility index (Phi) is 5.95. The lowest BCUT2D eigenvalue weighted by Crippen LogP contribution is -2.28. The van der Waals surface area contributed by atoms with Crippen LogP contribution in [0.3, 0.4) is 0 Å². The van der Waals surface area contributed by atoms with Gasteiger partial charge in [-0.1, -0.05) is 6.07 Å². The zero-order valence-corrected chi connectivity index (χ0v) is 13.7. The first-order chi connectivity index (χ1) is 11.8. The summed E-state index contributed by atoms with van der Waals surface area (Å²) in [4.78, 5) is 16.7. The molecule has 132 valence electrons. The van der Waals surface area contributed by atoms with Gasteiger partial charge in [0.25, 0.3) is 0 Å². The number of benzene rings is 1. The number of amides is 2. The van der Waals surface area contributed by atoms with E-state index >= 15 is 0 Å². The minimum absolute atomic E-state index is 0.123. The maximum absolute atomic E-state index is 12.9. The smallest absolute Gasteiger partial charge is 0.334 e. The van der Waals surface area contributed by atoms with Crippen LogP contribution in [0.2, 0.25) is 0 Å². The molecular weight excluding hydrogens is 355 g/mol. The van der Waals surface area contributed by atoms with Crippen molar-refractivity contribution < 1.29 is 18.0 Å². The topological polar surface area (TPSA) is 104 Å². The quantitative estimate of drug-likeness (QED) is 0.754. The van der Waals surface area contributed by atoms with E-state index in [9.17, 15) is 18.0 Å². The molecule has 0 saturated carbocycles. The van der Waals surface area contributed by atoms with Gasteiger partial charge < -0.3 is 11.1 Å². The van der Waals surface area contributed by atoms with E-state index in [4.69, 9.17) is 11.0 Å². The van der Waals surface area contributed by atoms with Gasteiger partial charge >= 0.3 is 12.2 Å². The van der Waals surface area contributed by atoms with Crippen LogP contribution in [0.25, 0.3) is 0 Å². The average Bonchev–Trinajstić information content (AvgIpc) is 2.99. The van der Waals surface area contributed by atoms with Gasteiger partial charge in [0, 0.05) is 17.6 Å². The first-order valence-electron chi connectivity index (χ1n) is 7.13. The Balaban J connectivity index is 1.98. The number of carbonyl (C=O) groups excluding carboxylic acids is 1. The summed E-state index contributed by atoms with van der Waals surface area (Å²) >= 11 is 1.27. The fraction of sp³-hybridized carbons (Fsp3) is 0.267. The highest BCUT2D eigenvalue weighted by Gasteiger charge is 2.33. The third-order valence-electron chi connectivity index (χ3n) is 3.13. The second-order valence-electron chi connectivity index (χ2n) is 4.97. The van der Waals surface area contributed by atoms with Crippen LogP contribution in [0.1, 0.15) is 21.6 Å². The summed E-state index contributed by atoms with van der Waals surface area (Å²) in [6.45, 7) is 0.343. The van der Waals surface area contributed by atoms with E-state index in [1.807, 2.05) is 0 Å². The Morgan fingerprint density at radius 2 is 2.16 bits per heavy atom. The largest absolute Gasteiger partial charge is 0.417 e. The fourth-order valence-electron chi connectivity index (χ4n) is 1.98. The van der Waals surface area contributed by atoms with Gasteiger partial charge in [0.15, 0.2) is 5.13 Å². The molecule has 0 bridgehead atoms. The minimum atomic E-state index is -4.64. The molecule has 1 heterocycles. The van der Waals surface area contributed by atoms with E-state index in [2.05, 4.69) is 15.6 Å². The number of aromatic nitrogens is 1. The second kappa shape index (κ2) is 7.96. The number of hydrogen-bond donors (Lipinski definition) is 3. The van der Waals surface area contributed by atoms with Crippen molar-refractivity contribution in [2.45, 2.75) is 19.1 Å². The number of carbonyl (C=O) groups is 1. The summed E-state index contributed by atoms with van der Waals surface area (Å²) in [7, 11) is 0. The van der Waals surface area contributed by atoms with Gasteiger partial charge in [0.05, 0.1) is 17.2 Å². The number of anilines is 1. The van der Waals surface area contributed by atoms with E-state index in [0.717, 1.165) is 17.0 Å². The molecule has 0 saturated heterocycles. The predicted molar refractivity (Wildman–Crippen MR) is 86.9 cm³/mol. The number of hydrogen-bond acceptors (Lipinski definition) is 5. The van der Waals surface area contributed by atoms with Crippen LogP contribution in [0.15, 0.2) is 24.4 Å². The van der Waals surface area contributed by atoms with Gasteiger partial charge in [-0.05, 0) is 30.7 Å². The Bertz CT molecular complexity index is 797. The van der Waals surface area contributed by atoms with Crippen LogP contribution in [-0.4, -0.2) is 17.6 Å². The Hall–Kier alpha value is -2.64. The molecule has 1 aromatic carbocycles. The second-order valence-corrected chi connectivity index (χ2v) is 6.08. The maximum atomic E-state index is 12.9. The third-order valence-corrected chi connectivity index (χ3v) is 4.10. The number of nitrogens with one attached hydrogen (secondary N) is 2. The standard InChI is InChI=1S/C15H14F3N5OS/c16-15(17,18)12-5-9(1-2-10(12)6-20)7-21-13(24)23-14-22-8-11(25-14)3-4-19/h1-2,5,8H,3-4,7,19H2,(H2,21,22,23,24). The van der Waals surface area contributed by atoms with Gasteiger partial charge in [0.1, 0.15) is 0 Å². The zero-order chi connectivity index (χ0) is 18.4. The zero-order valence-electron chi connectivity index (χ0n) is 12.9. The first kappa shape index (κ1) is 18.7. The molecule has 0 atom stereocenters. The van der Waals surface area contributed by atoms with Gasteiger partial charge in [-0.15, -0.1) is 11.3 Å². The van der Waals surface area contributed by atoms with Gasteiger partial charge in [-0.25, -0.2) is 9.78 Å². The fourth-order valence-corrected chi connectivity index (χ4v) is 2.80. The van der Waals surface area contributed by atoms with E-state index in [-0.39, 0.29) is 12.1 Å². The van der Waals surface area contributed by atoms with Crippen LogP contribution in [0.5, 0.6) is 0 Å². The monoisotopic (exact) mass is 369 g/mol. The Labute approximate surface area is 145 Å². The van der Waals surface area contributed by atoms with Crippen molar-refractivity contribution >= 4 is 22.5 Å². The number of rotatable bonds is 5. The Morgan fingerprint density at radius 1 is 1.40 bits per heavy atom. The lowest BCUT2D eigenvalue weighted by atomic mass is 10.0. The van der Waals surface area contributed by atoms with Crippen molar-refractivity contribution in [3.05, 3.63) is 46.0 Å². The van der Waals surface area contributed by atoms with E-state index in [1.54, 1.807) is 6.20 Å². The molecule has 0 radical (unpaired) electrons. The van der Waals surface area contributed by atoms with Crippen LogP contribution in [0.4, 0.5) is 23.1 Å². The highest BCUT2D eigenvalue weighted by Crippen LogP contribution is 2.32. The highest BCUT2D eigenvalue weighted by atomic mass is 32.1. The number of halogens is 3. The van der Waals surface area contributed by atoms with Gasteiger partial charge in [0.2, 0.25) is 0 Å². The number of urea groups is 1. The third kappa shape index (κ3) is 5.17. The highest BCUT2D eigenvalue weighted by molar-refractivity contribution is 7.15. The number of nitrogens with zero attached hydrogens (tertiary/aromatic N) is 2. The molecule has 0 spiro atoms. The maximum Gasteiger partial charge on any atom is 0.417 e. The van der Waals surface area contributed by atoms with E-state index in [0.29, 0.717) is 18.1 Å². The molecule has 2 amide bonds. The van der Waals surface area contributed by atoms with Crippen molar-refractivity contribution in [1.29, 1.82) is 5.26 Å². The molecule has 6 nitrogen and oxygen atoms in total. The predicted octanol–water partition coefficient (Wildman–Crippen LogP) is 2.86. The summed E-state index contributed by atoms with van der Waals surface area (Å²) in [6.07, 6.45) is -2.39. The summed E-state index contributed by atoms with van der Waals surface area (Å²) < 4.78 is 38.7. The summed E-state index contributed by atoms with van der Waals surface area (Å²) in [6, 6.07) is 4.20. The Morgan fingerprint density at radius 3 is 2.80 bits per heavy atom. The lowest BCUT2D eigenvalue weighted by molar-refractivity contribution is -0.137. The number of nitriles is 1. The van der Waals surface area contributed by atoms with Crippen molar-refractivity contribution in [2.24, 2.45) is 5.73 Å². The van der Waals surface area contributed by atoms with E-state index in [1.165, 1.54) is 23.5 Å². The molecule has 0 unspecified atom stereocenters. The SMILES string of the molecule is N#Cc1ccc(CNC(=O)Nc2ncc(CCN)s2)cc1C(F)(F)F. The van der Waals surface area contributed by atoms with Gasteiger partial charge in [-0.3, -0.25) is 5.32 Å². The minimum Gasteiger partial charge on any atom is -0.334 e. The van der Waals surface area contributed by atoms with Crippen LogP contribution in [-0.2, 0) is 19.1 Å². The van der Waals surface area contributed by atoms with Gasteiger partial charge in [-0.2, -0.15) is 18.4 Å². The molecule has 0 aliphatic rings. The van der Waals surface area contributed by atoms with Crippen molar-refractivity contribution in [2.75, 3.05) is 11.9 Å². The number of alkyl halides is 3. The van der Waals surface area contributed by atoms with E-state index < -0.39 is 23.3 Å². The number of nitrogens with two attached hydrogens (primary N) is 1. The molecule has 4 N–H and O–H groups in total. The van der Waals surface area contributed by atoms with Crippen LogP contribution < -0.4 is 16.4 Å². The normalized spacial score (nSPS) is 11.0. The summed E-state index contributed by atoms with van der Waals surface area (Å²) in [5.41, 5.74) is 4.16. The van der Waals surface area contributed by atoms with Crippen LogP contribution in [0, 0.1) is 11.3 Å².